The molecular weight excluding hydrogens is 345 g/mol. The van der Waals surface area contributed by atoms with Gasteiger partial charge in [0.05, 0.1) is 23.8 Å². The number of hydrogen-bond donors (Lipinski definition) is 1. The summed E-state index contributed by atoms with van der Waals surface area (Å²) in [6.07, 6.45) is 0.574. The van der Waals surface area contributed by atoms with Gasteiger partial charge in [0.15, 0.2) is 11.5 Å². The Morgan fingerprint density at radius 3 is 2.52 bits per heavy atom. The van der Waals surface area contributed by atoms with Gasteiger partial charge in [-0.2, -0.15) is 0 Å². The minimum atomic E-state index is -0.635. The van der Waals surface area contributed by atoms with E-state index in [0.717, 1.165) is 5.56 Å². The fourth-order valence-electron chi connectivity index (χ4n) is 2.37. The maximum absolute atomic E-state index is 13.7. The first-order chi connectivity index (χ1) is 12.1. The molecule has 0 saturated carbocycles. The molecule has 0 aliphatic rings. The quantitative estimate of drug-likeness (QED) is 0.760. The Kier molecular flexibility index (Phi) is 7.07. The highest BCUT2D eigenvalue weighted by Crippen LogP contribution is 2.28. The van der Waals surface area contributed by atoms with Crippen LogP contribution in [0.5, 0.6) is 11.5 Å². The average Bonchev–Trinajstić information content (AvgIpc) is 2.57. The molecule has 0 heterocycles. The van der Waals surface area contributed by atoms with E-state index in [2.05, 4.69) is 5.32 Å². The van der Waals surface area contributed by atoms with E-state index in [1.807, 2.05) is 32.0 Å². The van der Waals surface area contributed by atoms with Gasteiger partial charge in [-0.3, -0.25) is 4.79 Å². The Labute approximate surface area is 151 Å². The Morgan fingerprint density at radius 1 is 1.12 bits per heavy atom. The van der Waals surface area contributed by atoms with Crippen molar-refractivity contribution < 1.29 is 18.7 Å². The predicted molar refractivity (Wildman–Crippen MR) is 96.2 cm³/mol. The van der Waals surface area contributed by atoms with Gasteiger partial charge in [0.2, 0.25) is 0 Å². The molecule has 6 heteroatoms. The van der Waals surface area contributed by atoms with Gasteiger partial charge in [-0.05, 0) is 50.1 Å². The Bertz CT molecular complexity index is 716. The van der Waals surface area contributed by atoms with Gasteiger partial charge >= 0.3 is 0 Å². The molecule has 1 amide bonds. The molecule has 0 atom stereocenters. The maximum atomic E-state index is 13.7. The van der Waals surface area contributed by atoms with E-state index in [-0.39, 0.29) is 10.6 Å². The van der Waals surface area contributed by atoms with Crippen LogP contribution in [-0.2, 0) is 6.42 Å². The average molecular weight is 366 g/mol. The summed E-state index contributed by atoms with van der Waals surface area (Å²) in [4.78, 5) is 12.1. The SMILES string of the molecule is CCOc1ccc(CCNC(=O)c2c(F)cccc2Cl)cc1OCC. The van der Waals surface area contributed by atoms with E-state index in [1.54, 1.807) is 0 Å². The van der Waals surface area contributed by atoms with Crippen molar-refractivity contribution in [1.29, 1.82) is 0 Å². The largest absolute Gasteiger partial charge is 0.490 e. The third kappa shape index (κ3) is 5.10. The van der Waals surface area contributed by atoms with Crippen LogP contribution >= 0.6 is 11.6 Å². The molecule has 0 unspecified atom stereocenters. The molecule has 0 bridgehead atoms. The molecule has 2 rings (SSSR count). The van der Waals surface area contributed by atoms with Gasteiger partial charge in [0.1, 0.15) is 5.82 Å². The molecular formula is C19H21ClFNO3. The monoisotopic (exact) mass is 365 g/mol. The molecule has 2 aromatic carbocycles. The van der Waals surface area contributed by atoms with Gasteiger partial charge in [-0.1, -0.05) is 23.7 Å². The molecule has 0 aromatic heterocycles. The summed E-state index contributed by atoms with van der Waals surface area (Å²) in [5.41, 5.74) is 0.845. The van der Waals surface area contributed by atoms with Crippen molar-refractivity contribution in [2.24, 2.45) is 0 Å². The van der Waals surface area contributed by atoms with Crippen molar-refractivity contribution in [2.45, 2.75) is 20.3 Å². The topological polar surface area (TPSA) is 47.6 Å². The van der Waals surface area contributed by atoms with E-state index < -0.39 is 11.7 Å². The second-order valence-electron chi connectivity index (χ2n) is 5.25. The van der Waals surface area contributed by atoms with Gasteiger partial charge in [-0.15, -0.1) is 0 Å². The van der Waals surface area contributed by atoms with Crippen molar-refractivity contribution in [3.05, 3.63) is 58.4 Å². The number of carbonyl (C=O) groups excluding carboxylic acids is 1. The minimum Gasteiger partial charge on any atom is -0.490 e. The summed E-state index contributed by atoms with van der Waals surface area (Å²) >= 11 is 5.89. The third-order valence-corrected chi connectivity index (χ3v) is 3.81. The predicted octanol–water partition coefficient (Wildman–Crippen LogP) is 4.25. The van der Waals surface area contributed by atoms with E-state index >= 15 is 0 Å². The lowest BCUT2D eigenvalue weighted by molar-refractivity contribution is 0.0950. The molecule has 134 valence electrons. The Balaban J connectivity index is 1.99. The molecule has 0 fully saturated rings. The molecule has 0 aliphatic heterocycles. The molecule has 0 aliphatic carbocycles. The summed E-state index contributed by atoms with van der Waals surface area (Å²) in [5, 5.41) is 2.78. The van der Waals surface area contributed by atoms with Crippen molar-refractivity contribution in [2.75, 3.05) is 19.8 Å². The van der Waals surface area contributed by atoms with Gasteiger partial charge in [0.25, 0.3) is 5.91 Å². The molecule has 0 spiro atoms. The van der Waals surface area contributed by atoms with Crippen molar-refractivity contribution in [3.8, 4) is 11.5 Å². The van der Waals surface area contributed by atoms with Crippen LogP contribution in [0.1, 0.15) is 29.8 Å². The van der Waals surface area contributed by atoms with E-state index in [0.29, 0.717) is 37.7 Å². The van der Waals surface area contributed by atoms with Crippen LogP contribution < -0.4 is 14.8 Å². The summed E-state index contributed by atoms with van der Waals surface area (Å²) < 4.78 is 24.8. The molecule has 1 N–H and O–H groups in total. The maximum Gasteiger partial charge on any atom is 0.255 e. The lowest BCUT2D eigenvalue weighted by atomic mass is 10.1. The number of rotatable bonds is 8. The van der Waals surface area contributed by atoms with Gasteiger partial charge < -0.3 is 14.8 Å². The van der Waals surface area contributed by atoms with Crippen LogP contribution in [-0.4, -0.2) is 25.7 Å². The number of benzene rings is 2. The fourth-order valence-corrected chi connectivity index (χ4v) is 2.62. The lowest BCUT2D eigenvalue weighted by Gasteiger charge is -2.13. The second kappa shape index (κ2) is 9.28. The summed E-state index contributed by atoms with van der Waals surface area (Å²) in [6.45, 7) is 5.25. The number of halogens is 2. The second-order valence-corrected chi connectivity index (χ2v) is 5.66. The van der Waals surface area contributed by atoms with E-state index in [1.165, 1.54) is 18.2 Å². The molecule has 25 heavy (non-hydrogen) atoms. The molecule has 0 saturated heterocycles. The van der Waals surface area contributed by atoms with Crippen molar-refractivity contribution in [1.82, 2.24) is 5.32 Å². The standard InChI is InChI=1S/C19H21ClFNO3/c1-3-24-16-9-8-13(12-17(16)25-4-2)10-11-22-19(23)18-14(20)6-5-7-15(18)21/h5-9,12H,3-4,10-11H2,1-2H3,(H,22,23). The first-order valence-corrected chi connectivity index (χ1v) is 8.55. The fraction of sp³-hybridized carbons (Fsp3) is 0.316. The normalized spacial score (nSPS) is 10.4. The van der Waals surface area contributed by atoms with Crippen LogP contribution in [0.2, 0.25) is 5.02 Å². The van der Waals surface area contributed by atoms with Crippen molar-refractivity contribution in [3.63, 3.8) is 0 Å². The number of nitrogens with one attached hydrogen (secondary N) is 1. The van der Waals surface area contributed by atoms with E-state index in [4.69, 9.17) is 21.1 Å². The number of amides is 1. The number of ether oxygens (including phenoxy) is 2. The van der Waals surface area contributed by atoms with Crippen LogP contribution in [0.4, 0.5) is 4.39 Å². The molecule has 0 radical (unpaired) electrons. The summed E-state index contributed by atoms with van der Waals surface area (Å²) in [7, 11) is 0. The van der Waals surface area contributed by atoms with E-state index in [9.17, 15) is 9.18 Å². The molecule has 4 nitrogen and oxygen atoms in total. The number of hydrogen-bond acceptors (Lipinski definition) is 3. The number of carbonyl (C=O) groups is 1. The zero-order valence-corrected chi connectivity index (χ0v) is 15.0. The van der Waals surface area contributed by atoms with Crippen LogP contribution in [0, 0.1) is 5.82 Å². The third-order valence-electron chi connectivity index (χ3n) is 3.50. The highest BCUT2D eigenvalue weighted by molar-refractivity contribution is 6.33. The zero-order chi connectivity index (χ0) is 18.2. The zero-order valence-electron chi connectivity index (χ0n) is 14.3. The van der Waals surface area contributed by atoms with Gasteiger partial charge in [-0.25, -0.2) is 4.39 Å². The van der Waals surface area contributed by atoms with Crippen LogP contribution in [0.15, 0.2) is 36.4 Å². The Hall–Kier alpha value is -2.27. The first kappa shape index (κ1) is 19.1. The summed E-state index contributed by atoms with van der Waals surface area (Å²) in [5.74, 6) is 0.198. The summed E-state index contributed by atoms with van der Waals surface area (Å²) in [6, 6.07) is 9.80. The van der Waals surface area contributed by atoms with Crippen LogP contribution in [0.3, 0.4) is 0 Å². The smallest absolute Gasteiger partial charge is 0.255 e. The highest BCUT2D eigenvalue weighted by Gasteiger charge is 2.15. The van der Waals surface area contributed by atoms with Crippen LogP contribution in [0.25, 0.3) is 0 Å². The van der Waals surface area contributed by atoms with Gasteiger partial charge in [0, 0.05) is 6.54 Å². The highest BCUT2D eigenvalue weighted by atomic mass is 35.5. The van der Waals surface area contributed by atoms with Crippen molar-refractivity contribution >= 4 is 17.5 Å². The minimum absolute atomic E-state index is 0.0946. The lowest BCUT2D eigenvalue weighted by Crippen LogP contribution is -2.26. The molecule has 2 aromatic rings. The Morgan fingerprint density at radius 2 is 1.84 bits per heavy atom. The first-order valence-electron chi connectivity index (χ1n) is 8.17.